The molecular weight excluding hydrogens is 1460 g/mol. The first-order valence-corrected chi connectivity index (χ1v) is 34.6. The number of urea groups is 3. The van der Waals surface area contributed by atoms with Gasteiger partial charge in [-0.3, -0.25) is 57.5 Å². The lowest BCUT2D eigenvalue weighted by molar-refractivity contribution is -0.145. The van der Waals surface area contributed by atoms with E-state index >= 15 is 9.59 Å². The number of nitrogens with one attached hydrogen (secondary N) is 9. The van der Waals surface area contributed by atoms with Crippen LogP contribution < -0.4 is 65.1 Å². The summed E-state index contributed by atoms with van der Waals surface area (Å²) in [6.07, 6.45) is -5.24. The number of Topliss-reactive ketones (excluding diaryl/α,β-unsaturated/α-hetero) is 3. The number of amides is 15. The Balaban J connectivity index is 0.000000421. The molecule has 15 N–H and O–H groups in total. The third-order valence-electron chi connectivity index (χ3n) is 21.2. The number of fused-ring (bicyclic) bond motifs is 3. The van der Waals surface area contributed by atoms with Crippen molar-refractivity contribution in [2.75, 3.05) is 19.6 Å². The SMILES string of the molecule is C.[2H]C([2H])([2H])C(NC(=O)N[C@H](C(=O)N1C[C@H]2C([C@H]1C(=O)N[C@@H](CC1CCC1)C(=O)C(N)=O)C2(C)C)C(C([2H])([2H])[2H])(C([2H])([2H])[2H])C([2H])([2H])[2H])(C([2H])([2H])[2H])C([2H])([2H])[2H].[2H]C([2H])([2H])C1(C([2H])([2H])[2H])C2[C@@H](C(=O)N[C@@H](CC3([2H])C([2H])([2H])C([2H])(C)C3([2H])[2H])C(=O)C(N)=O)N(C(=O)[C@@H](NC(=O)NC(C([2H])([2H])[2H])(C([2H])([2H])[2H])C([2H])([2H])[2H])C(C([2H])([2H])[2H])(C([2H])([2H])[2H])C([2H])([2H])[2H])C[C@@H]21.[2H]C([2H])([2H])C1(C([2H])([2H])[2H])C2[C@@H](C(=O)N[C@@H](CC3CC(C)C3)C(=O)C(N)=O)N(C(=O)[C@@H](NC(=O)NC(C([2H])([2H])[2H])(C([2H])([2H])[2H])C([2H])([2H])[2H])C(C([2H])([2H])[2H])(C([2H])([2H])[2H])C([2H])([2H])[2H])C[C@@H]21. The van der Waals surface area contributed by atoms with Crippen molar-refractivity contribution in [3.8, 4) is 0 Å². The fourth-order valence-corrected chi connectivity index (χ4v) is 15.3. The van der Waals surface area contributed by atoms with Crippen LogP contribution in [0.3, 0.4) is 0 Å². The lowest BCUT2D eigenvalue weighted by Gasteiger charge is -2.39. The van der Waals surface area contributed by atoms with Crippen LogP contribution in [0.1, 0.15) is 349 Å². The van der Waals surface area contributed by atoms with Gasteiger partial charge >= 0.3 is 18.1 Å². The van der Waals surface area contributed by atoms with Crippen molar-refractivity contribution in [2.24, 2.45) is 115 Å². The number of primary amides is 3. The zero-order chi connectivity index (χ0) is 146. The summed E-state index contributed by atoms with van der Waals surface area (Å²) >= 11 is 0. The third-order valence-corrected chi connectivity index (χ3v) is 21.2. The summed E-state index contributed by atoms with van der Waals surface area (Å²) in [7, 11) is 0. The van der Waals surface area contributed by atoms with Crippen LogP contribution in [0, 0.1) is 97.5 Å². The number of carbonyl (C=O) groups excluding carboxylic acids is 15. The van der Waals surface area contributed by atoms with Crippen LogP contribution in [-0.4, -0.2) is 194 Å². The second kappa shape index (κ2) is 34.3. The Morgan fingerprint density at radius 1 is 0.430 bits per heavy atom. The van der Waals surface area contributed by atoms with Crippen LogP contribution in [0.2, 0.25) is 0 Å². The minimum atomic E-state index is -4.70. The molecule has 644 valence electrons. The van der Waals surface area contributed by atoms with Crippen LogP contribution in [0.4, 0.5) is 14.4 Å². The van der Waals surface area contributed by atoms with Crippen molar-refractivity contribution >= 4 is 88.6 Å². The summed E-state index contributed by atoms with van der Waals surface area (Å²) in [5, 5.41) is 14.0. The first kappa shape index (κ1) is 34.9. The molecule has 6 saturated carbocycles. The zero-order valence-electron chi connectivity index (χ0n) is 133. The van der Waals surface area contributed by atoms with Gasteiger partial charge in [-0.1, -0.05) is 143 Å². The molecule has 30 heteroatoms. The van der Waals surface area contributed by atoms with Gasteiger partial charge in [0.2, 0.25) is 52.8 Å². The van der Waals surface area contributed by atoms with E-state index in [1.807, 2.05) is 6.92 Å². The van der Waals surface area contributed by atoms with E-state index in [0.717, 1.165) is 18.7 Å². The van der Waals surface area contributed by atoms with Crippen LogP contribution in [0.5, 0.6) is 0 Å². The molecule has 9 fully saturated rings. The highest BCUT2D eigenvalue weighted by Gasteiger charge is 2.73. The number of hydrogen-bond donors (Lipinski definition) is 12. The second-order valence-electron chi connectivity index (χ2n) is 30.7. The average Bonchev–Trinajstić information content (AvgIpc) is 1.42. The van der Waals surface area contributed by atoms with Gasteiger partial charge in [-0.15, -0.1) is 0 Å². The summed E-state index contributed by atoms with van der Waals surface area (Å²) < 4.78 is 582. The van der Waals surface area contributed by atoms with Gasteiger partial charge in [0.1, 0.15) is 36.3 Å². The molecule has 9 aliphatic rings. The Bertz CT molecular complexity index is 6300. The van der Waals surface area contributed by atoms with E-state index < -0.39 is 429 Å². The quantitative estimate of drug-likeness (QED) is 0.0474. The Morgan fingerprint density at radius 2 is 0.719 bits per heavy atom. The van der Waals surface area contributed by atoms with Crippen molar-refractivity contribution in [3.05, 3.63) is 0 Å². The fourth-order valence-electron chi connectivity index (χ4n) is 15.3. The van der Waals surface area contributed by atoms with E-state index in [-0.39, 0.29) is 47.8 Å². The van der Waals surface area contributed by atoms with Crippen LogP contribution in [0.25, 0.3) is 0 Å². The van der Waals surface area contributed by atoms with E-state index in [0.29, 0.717) is 30.6 Å². The zero-order valence-corrected chi connectivity index (χ0v) is 60.9. The third kappa shape index (κ3) is 22.6. The van der Waals surface area contributed by atoms with Crippen molar-refractivity contribution in [2.45, 2.75) is 321 Å². The standard InChI is InChI=1S/2C28H47N5O5.C27H45N5O5.CH4/c2*1-14-10-15(11-14)12-17(20(34)22(29)35)30-23(36)19-18-16(28(18,8)9)13-33(19)24(37)21(26(2,3)4)31-25(38)32-27(5,6)7;1-25(2,3)20(30-24(37)31-26(4,5)6)23(36)32-13-15-17(27(15,7)8)18(32)22(35)29-16(19(33)21(28)34)12-14-10-9-11-14;/h2*14-19,21H,10-13H2,1-9H3,(H2,29,35)(H,30,36)(H2,31,32,38);14-18,20H,9-13H2,1-8H3,(H2,28,34)(H,29,35)(H2,30,31,37);1H4/t2*14?,15?,16-,17-,18?,19-,21+;15-,16-,17?,18-,20+;/m000./s1/i2D3,3D3,4D3,5D3,6D3,7D3,8D3,9D3,10D2,11D2,14D,15D;2D3,3D3,4D3,5D3,6D3,7D3,8D3,9D3;1D3,2D3,3D3,4D3,5D3,6D3;. The van der Waals surface area contributed by atoms with Crippen LogP contribution >= 0.6 is 0 Å². The summed E-state index contributed by atoms with van der Waals surface area (Å²) in [6.45, 7) is -89.3. The number of rotatable bonds is 24. The minimum absolute atomic E-state index is 0. The highest BCUT2D eigenvalue weighted by molar-refractivity contribution is 6.39. The van der Waals surface area contributed by atoms with E-state index in [9.17, 15) is 62.3 Å². The molecule has 30 nitrogen and oxygen atoms in total. The summed E-state index contributed by atoms with van der Waals surface area (Å²) in [5.74, 6) is -36.2. The molecule has 114 heavy (non-hydrogen) atoms. The van der Waals surface area contributed by atoms with E-state index in [1.54, 1.807) is 19.2 Å². The smallest absolute Gasteiger partial charge is 0.315 e. The van der Waals surface area contributed by atoms with Crippen LogP contribution in [0.15, 0.2) is 0 Å². The predicted molar refractivity (Wildman–Crippen MR) is 433 cm³/mol. The van der Waals surface area contributed by atoms with Gasteiger partial charge in [0.05, 0.1) is 18.1 Å². The lowest BCUT2D eigenvalue weighted by atomic mass is 9.72. The highest BCUT2D eigenvalue weighted by Crippen LogP contribution is 2.67. The maximum atomic E-state index is 15.1. The molecule has 0 aromatic heterocycles. The maximum absolute atomic E-state index is 15.1. The number of piperidine rings is 3. The number of carbonyl (C=O) groups is 15. The monoisotopic (exact) mass is 1670 g/mol. The molecule has 15 atom stereocenters. The van der Waals surface area contributed by atoms with Gasteiger partial charge in [0, 0.05) is 135 Å². The molecule has 0 bridgehead atoms. The normalized spacial score (nSPS) is 42.0. The Labute approximate surface area is 778 Å². The maximum Gasteiger partial charge on any atom is 0.315 e. The molecule has 9 rings (SSSR count). The Kier molecular flexibility index (Phi) is 10.5. The van der Waals surface area contributed by atoms with Gasteiger partial charge in [-0.25, -0.2) is 14.4 Å². The first-order valence-electron chi connectivity index (χ1n) is 70.6. The van der Waals surface area contributed by atoms with E-state index in [2.05, 4.69) is 10.6 Å². The number of hydrogen-bond acceptors (Lipinski definition) is 15. The molecule has 0 aromatic carbocycles. The molecule has 0 aromatic rings. The molecule has 3 saturated heterocycles. The number of ketones is 3. The van der Waals surface area contributed by atoms with Crippen molar-refractivity contribution in [1.82, 2.24) is 62.6 Å². The van der Waals surface area contributed by atoms with Crippen molar-refractivity contribution in [1.29, 1.82) is 0 Å². The molecular formula is C84H143N15O15. The lowest BCUT2D eigenvalue weighted by Crippen LogP contribution is -2.62. The van der Waals surface area contributed by atoms with E-state index in [4.69, 9.17) is 116 Å². The largest absolute Gasteiger partial charge is 0.363 e. The summed E-state index contributed by atoms with van der Waals surface area (Å²) in [4.78, 5) is 206. The Hall–Kier alpha value is -7.95. The molecule has 3 unspecified atom stereocenters. The molecule has 3 aliphatic heterocycles. The van der Waals surface area contributed by atoms with Gasteiger partial charge < -0.3 is 79.8 Å². The van der Waals surface area contributed by atoms with Crippen molar-refractivity contribution < 1.29 is 171 Å². The van der Waals surface area contributed by atoms with Crippen molar-refractivity contribution in [3.63, 3.8) is 0 Å². The highest BCUT2D eigenvalue weighted by atomic mass is 16.2. The summed E-state index contributed by atoms with van der Waals surface area (Å²) in [6, 6.07) is -31.0. The van der Waals surface area contributed by atoms with Crippen LogP contribution in [-0.2, 0) is 57.5 Å². The summed E-state index contributed by atoms with van der Waals surface area (Å²) in [5.41, 5.74) is -17.5. The molecule has 0 radical (unpaired) electrons. The van der Waals surface area contributed by atoms with Gasteiger partial charge in [-0.2, -0.15) is 0 Å². The number of nitrogens with zero attached hydrogens (tertiary/aromatic N) is 3. The number of likely N-dealkylation sites (tertiary alicyclic amines) is 3. The molecule has 15 amide bonds. The molecule has 0 spiro atoms. The number of nitrogens with two attached hydrogens (primary N) is 3. The molecule has 6 aliphatic carbocycles. The topological polar surface area (TPSA) is 452 Å². The second-order valence-corrected chi connectivity index (χ2v) is 30.7. The minimum Gasteiger partial charge on any atom is -0.363 e. The van der Waals surface area contributed by atoms with Gasteiger partial charge in [0.15, 0.2) is 0 Å². The fraction of sp³-hybridized carbons (Fsp3) is 0.821. The average molecular weight is 1680 g/mol. The first-order chi connectivity index (χ1) is 81.0. The van der Waals surface area contributed by atoms with Gasteiger partial charge in [-0.05, 0) is 204 Å². The molecule has 3 heterocycles. The Morgan fingerprint density at radius 3 is 0.982 bits per heavy atom. The van der Waals surface area contributed by atoms with Gasteiger partial charge in [0.25, 0.3) is 17.7 Å². The predicted octanol–water partition coefficient (Wildman–Crippen LogP) is 6.26. The van der Waals surface area contributed by atoms with E-state index in [1.165, 1.54) is 26.6 Å².